The van der Waals surface area contributed by atoms with Crippen LogP contribution in [0.1, 0.15) is 58.8 Å². The second-order valence-corrected chi connectivity index (χ2v) is 14.2. The smallest absolute Gasteiger partial charge is 0.410 e. The number of nitrogens with zero attached hydrogens (tertiary/aromatic N) is 4. The zero-order valence-electron chi connectivity index (χ0n) is 28.1. The van der Waals surface area contributed by atoms with Crippen molar-refractivity contribution < 1.29 is 46.2 Å². The third kappa shape index (κ3) is 7.55. The van der Waals surface area contributed by atoms with E-state index in [0.717, 1.165) is 0 Å². The molecule has 2 aliphatic carbocycles. The van der Waals surface area contributed by atoms with E-state index in [1.54, 1.807) is 16.7 Å². The van der Waals surface area contributed by atoms with Gasteiger partial charge in [-0.05, 0) is 39.0 Å². The number of carbonyl (C=O) groups is 4. The van der Waals surface area contributed by atoms with Crippen LogP contribution in [0, 0.1) is 5.92 Å². The highest BCUT2D eigenvalue weighted by Gasteiger charge is 2.52. The summed E-state index contributed by atoms with van der Waals surface area (Å²) in [5.41, 5.74) is -0.249. The van der Waals surface area contributed by atoms with Crippen LogP contribution >= 0.6 is 0 Å². The van der Waals surface area contributed by atoms with Gasteiger partial charge in [0.1, 0.15) is 36.4 Å². The van der Waals surface area contributed by atoms with Crippen LogP contribution in [0.25, 0.3) is 0 Å². The van der Waals surface area contributed by atoms with E-state index < -0.39 is 72.9 Å². The van der Waals surface area contributed by atoms with E-state index in [1.807, 2.05) is 4.90 Å². The average molecular weight is 701 g/mol. The average Bonchev–Trinajstić information content (AvgIpc) is 3.44. The summed E-state index contributed by atoms with van der Waals surface area (Å²) < 4.78 is 71.4. The van der Waals surface area contributed by atoms with Crippen molar-refractivity contribution in [3.05, 3.63) is 11.8 Å². The van der Waals surface area contributed by atoms with E-state index in [0.29, 0.717) is 45.6 Å². The number of ether oxygens (including phenoxy) is 2. The van der Waals surface area contributed by atoms with Gasteiger partial charge in [0.25, 0.3) is 0 Å². The molecule has 2 saturated carbocycles. The Kier molecular flexibility index (Phi) is 11.0. The van der Waals surface area contributed by atoms with E-state index in [9.17, 15) is 23.6 Å². The molecule has 274 valence electrons. The van der Waals surface area contributed by atoms with Gasteiger partial charge in [-0.15, -0.1) is 0 Å². The maximum atomic E-state index is 15.9. The Bertz CT molecular complexity index is 1290. The SMILES string of the molecule is CCOC(=O)C1=CN(C2CCC(F)CC2F)C2NC(N3CCN(C4CCC(N5C[C@H](CNC(C)=O)OC5=O)CC4F)CC3)C(F)CC2C1=O. The molecule has 2 amide bonds. The third-order valence-electron chi connectivity index (χ3n) is 11.1. The summed E-state index contributed by atoms with van der Waals surface area (Å²) in [6, 6.07) is -1.43. The second-order valence-electron chi connectivity index (χ2n) is 14.2. The number of hydrogen-bond donors (Lipinski definition) is 2. The van der Waals surface area contributed by atoms with Gasteiger partial charge in [-0.25, -0.2) is 27.2 Å². The molecule has 5 fully saturated rings. The molecule has 10 unspecified atom stereocenters. The van der Waals surface area contributed by atoms with Crippen molar-refractivity contribution in [1.29, 1.82) is 0 Å². The molecule has 4 aliphatic heterocycles. The molecule has 0 aromatic rings. The first-order valence-corrected chi connectivity index (χ1v) is 17.7. The van der Waals surface area contributed by atoms with Gasteiger partial charge in [0.15, 0.2) is 5.78 Å². The lowest BCUT2D eigenvalue weighted by atomic mass is 9.80. The molecular formula is C33H48F4N6O6. The summed E-state index contributed by atoms with van der Waals surface area (Å²) in [6.07, 6.45) is -5.49. The van der Waals surface area contributed by atoms with Crippen molar-refractivity contribution in [3.63, 3.8) is 0 Å². The summed E-state index contributed by atoms with van der Waals surface area (Å²) in [4.78, 5) is 57.0. The minimum Gasteiger partial charge on any atom is -0.462 e. The van der Waals surface area contributed by atoms with Crippen LogP contribution in [0.5, 0.6) is 0 Å². The summed E-state index contributed by atoms with van der Waals surface area (Å²) in [5, 5.41) is 5.92. The summed E-state index contributed by atoms with van der Waals surface area (Å²) >= 11 is 0. The number of fused-ring (bicyclic) bond motifs is 1. The molecule has 2 N–H and O–H groups in total. The van der Waals surface area contributed by atoms with Crippen LogP contribution in [0.3, 0.4) is 0 Å². The van der Waals surface area contributed by atoms with Crippen LogP contribution in [-0.2, 0) is 23.9 Å². The minimum absolute atomic E-state index is 0.0352. The zero-order valence-corrected chi connectivity index (χ0v) is 28.1. The molecular weight excluding hydrogens is 652 g/mol. The van der Waals surface area contributed by atoms with Crippen LogP contribution in [0.15, 0.2) is 11.8 Å². The lowest BCUT2D eigenvalue weighted by molar-refractivity contribution is -0.144. The van der Waals surface area contributed by atoms with E-state index in [-0.39, 0.29) is 68.8 Å². The maximum absolute atomic E-state index is 15.9. The molecule has 49 heavy (non-hydrogen) atoms. The molecule has 11 atom stereocenters. The second kappa shape index (κ2) is 15.1. The number of cyclic esters (lactones) is 1. The molecule has 0 bridgehead atoms. The fourth-order valence-electron chi connectivity index (χ4n) is 8.64. The monoisotopic (exact) mass is 700 g/mol. The molecule has 12 nitrogen and oxygen atoms in total. The van der Waals surface area contributed by atoms with Crippen molar-refractivity contribution in [2.24, 2.45) is 5.92 Å². The van der Waals surface area contributed by atoms with E-state index in [2.05, 4.69) is 15.5 Å². The Morgan fingerprint density at radius 3 is 2.29 bits per heavy atom. The molecule has 4 heterocycles. The number of piperidine rings is 1. The van der Waals surface area contributed by atoms with Crippen molar-refractivity contribution in [1.82, 2.24) is 30.2 Å². The molecule has 6 aliphatic rings. The number of piperazine rings is 1. The Balaban J connectivity index is 1.07. The number of halogens is 4. The number of esters is 1. The van der Waals surface area contributed by atoms with Crippen LogP contribution in [0.2, 0.25) is 0 Å². The van der Waals surface area contributed by atoms with Crippen molar-refractivity contribution in [2.75, 3.05) is 45.9 Å². The standard InChI is InChI=1S/C33H48F4N6O6/c1-3-48-32(46)23-17-43(28-6-4-19(34)12-24(28)35)30-22(29(23)45)14-26(37)31(39-30)41-10-8-40(9-11-41)27-7-5-20(13-25(27)36)42-16-21(49-33(42)47)15-38-18(2)44/h17,19-22,24-28,30-31,39H,3-16H2,1-2H3,(H,38,44)/t19?,20?,21-,22?,24?,25?,26?,27?,28?,30?,31?/m0/s1. The fourth-order valence-corrected chi connectivity index (χ4v) is 8.64. The molecule has 0 aromatic carbocycles. The first-order chi connectivity index (χ1) is 23.4. The van der Waals surface area contributed by atoms with Crippen molar-refractivity contribution in [3.8, 4) is 0 Å². The topological polar surface area (TPSA) is 124 Å². The Labute approximate surface area is 283 Å². The predicted octanol–water partition coefficient (Wildman–Crippen LogP) is 1.98. The summed E-state index contributed by atoms with van der Waals surface area (Å²) in [7, 11) is 0. The number of rotatable bonds is 8. The number of alkyl halides is 4. The zero-order chi connectivity index (χ0) is 35.0. The Hall–Kier alpha value is -2.98. The van der Waals surface area contributed by atoms with Crippen LogP contribution in [0.4, 0.5) is 22.4 Å². The number of nitrogens with one attached hydrogen (secondary N) is 2. The Morgan fingerprint density at radius 1 is 0.918 bits per heavy atom. The number of carbonyl (C=O) groups excluding carboxylic acids is 4. The quantitative estimate of drug-likeness (QED) is 0.221. The highest BCUT2D eigenvalue weighted by Crippen LogP contribution is 2.39. The molecule has 0 spiro atoms. The van der Waals surface area contributed by atoms with Crippen molar-refractivity contribution >= 4 is 23.8 Å². The third-order valence-corrected chi connectivity index (χ3v) is 11.1. The van der Waals surface area contributed by atoms with Gasteiger partial charge in [0.2, 0.25) is 5.91 Å². The molecule has 16 heteroatoms. The van der Waals surface area contributed by atoms with Crippen molar-refractivity contribution in [2.45, 2.75) is 120 Å². The Morgan fingerprint density at radius 2 is 1.61 bits per heavy atom. The van der Waals surface area contributed by atoms with Gasteiger partial charge in [-0.1, -0.05) is 0 Å². The predicted molar refractivity (Wildman–Crippen MR) is 168 cm³/mol. The number of hydrogen-bond acceptors (Lipinski definition) is 10. The van der Waals surface area contributed by atoms with Crippen LogP contribution in [-0.4, -0.2) is 150 Å². The van der Waals surface area contributed by atoms with Gasteiger partial charge < -0.3 is 24.6 Å². The van der Waals surface area contributed by atoms with E-state index in [1.165, 1.54) is 13.1 Å². The first-order valence-electron chi connectivity index (χ1n) is 17.7. The number of ketones is 1. The van der Waals surface area contributed by atoms with Gasteiger partial charge in [-0.2, -0.15) is 0 Å². The highest BCUT2D eigenvalue weighted by atomic mass is 19.2. The highest BCUT2D eigenvalue weighted by molar-refractivity contribution is 6.18. The molecule has 3 saturated heterocycles. The van der Waals surface area contributed by atoms with Gasteiger partial charge in [0.05, 0.1) is 44.0 Å². The number of amides is 2. The van der Waals surface area contributed by atoms with Crippen LogP contribution < -0.4 is 10.6 Å². The fraction of sp³-hybridized carbons (Fsp3) is 0.818. The normalized spacial score (nSPS) is 39.2. The lowest BCUT2D eigenvalue weighted by Gasteiger charge is -2.53. The molecule has 6 rings (SSSR count). The molecule has 0 radical (unpaired) electrons. The molecule has 0 aromatic heterocycles. The number of Topliss-reactive ketones (excluding diaryl/α,β-unsaturated/α-hetero) is 1. The summed E-state index contributed by atoms with van der Waals surface area (Å²) in [6.45, 7) is 5.38. The van der Waals surface area contributed by atoms with Gasteiger partial charge >= 0.3 is 12.1 Å². The summed E-state index contributed by atoms with van der Waals surface area (Å²) in [5.74, 6) is -2.57. The van der Waals surface area contributed by atoms with E-state index in [4.69, 9.17) is 9.47 Å². The van der Waals surface area contributed by atoms with Gasteiger partial charge in [0, 0.05) is 64.2 Å². The van der Waals surface area contributed by atoms with E-state index >= 15 is 13.2 Å². The first kappa shape index (κ1) is 35.8. The van der Waals surface area contributed by atoms with Gasteiger partial charge in [-0.3, -0.25) is 24.7 Å². The lowest BCUT2D eigenvalue weighted by Crippen LogP contribution is -2.71. The maximum Gasteiger partial charge on any atom is 0.410 e. The largest absolute Gasteiger partial charge is 0.462 e. The minimum atomic E-state index is -1.53.